The summed E-state index contributed by atoms with van der Waals surface area (Å²) in [7, 11) is 1.65. The van der Waals surface area contributed by atoms with E-state index in [-0.39, 0.29) is 30.8 Å². The van der Waals surface area contributed by atoms with E-state index < -0.39 is 47.8 Å². The summed E-state index contributed by atoms with van der Waals surface area (Å²) in [5, 5.41) is 20.2. The van der Waals surface area contributed by atoms with Crippen molar-refractivity contribution < 1.29 is 23.9 Å². The summed E-state index contributed by atoms with van der Waals surface area (Å²) in [6, 6.07) is 22.7. The van der Waals surface area contributed by atoms with Gasteiger partial charge >= 0.3 is 0 Å². The van der Waals surface area contributed by atoms with Crippen molar-refractivity contribution in [3.05, 3.63) is 107 Å². The van der Waals surface area contributed by atoms with Crippen LogP contribution in [-0.4, -0.2) is 72.1 Å². The molecule has 0 spiro atoms. The van der Waals surface area contributed by atoms with E-state index in [2.05, 4.69) is 16.0 Å². The van der Waals surface area contributed by atoms with E-state index in [1.165, 1.54) is 23.1 Å². The van der Waals surface area contributed by atoms with Crippen molar-refractivity contribution in [1.82, 2.24) is 20.9 Å². The van der Waals surface area contributed by atoms with Gasteiger partial charge in [0.15, 0.2) is 0 Å². The van der Waals surface area contributed by atoms with E-state index in [1.54, 1.807) is 20.0 Å². The van der Waals surface area contributed by atoms with Crippen molar-refractivity contribution >= 4 is 17.7 Å². The van der Waals surface area contributed by atoms with E-state index in [1.807, 2.05) is 74.5 Å². The lowest BCUT2D eigenvalue weighted by molar-refractivity contribution is -0.144. The fraction of sp³-hybridized carbons (Fsp3) is 0.382. The van der Waals surface area contributed by atoms with Gasteiger partial charge in [-0.25, -0.2) is 4.39 Å². The Bertz CT molecular complexity index is 1350. The zero-order valence-corrected chi connectivity index (χ0v) is 25.0. The zero-order chi connectivity index (χ0) is 31.1. The molecule has 2 unspecified atom stereocenters. The average Bonchev–Trinajstić information content (AvgIpc) is 3.36. The van der Waals surface area contributed by atoms with Gasteiger partial charge in [0, 0.05) is 24.9 Å². The summed E-state index contributed by atoms with van der Waals surface area (Å²) in [5.41, 5.74) is 2.50. The fourth-order valence-electron chi connectivity index (χ4n) is 5.61. The first kappa shape index (κ1) is 31.8. The zero-order valence-electron chi connectivity index (χ0n) is 25.0. The summed E-state index contributed by atoms with van der Waals surface area (Å²) in [4.78, 5) is 42.0. The van der Waals surface area contributed by atoms with Crippen molar-refractivity contribution in [3.63, 3.8) is 0 Å². The minimum Gasteiger partial charge on any atom is -0.390 e. The van der Waals surface area contributed by atoms with Gasteiger partial charge in [-0.1, -0.05) is 86.6 Å². The van der Waals surface area contributed by atoms with Crippen LogP contribution >= 0.6 is 0 Å². The lowest BCUT2D eigenvalue weighted by Gasteiger charge is -2.32. The molecular weight excluding hydrogens is 547 g/mol. The van der Waals surface area contributed by atoms with Crippen LogP contribution in [0.5, 0.6) is 0 Å². The molecule has 0 aliphatic carbocycles. The number of benzene rings is 3. The van der Waals surface area contributed by atoms with Gasteiger partial charge in [-0.3, -0.25) is 14.4 Å². The molecule has 3 amide bonds. The van der Waals surface area contributed by atoms with Crippen molar-refractivity contribution in [1.29, 1.82) is 0 Å². The molecule has 4 rings (SSSR count). The molecule has 43 heavy (non-hydrogen) atoms. The maximum atomic E-state index is 14.2. The number of hydrogen-bond donors (Lipinski definition) is 4. The molecular formula is C34H41FN4O4. The summed E-state index contributed by atoms with van der Waals surface area (Å²) in [5.74, 6) is -2.99. The molecule has 9 heteroatoms. The summed E-state index contributed by atoms with van der Waals surface area (Å²) < 4.78 is 14.2. The topological polar surface area (TPSA) is 111 Å². The summed E-state index contributed by atoms with van der Waals surface area (Å²) >= 11 is 0. The molecule has 0 aromatic heterocycles. The van der Waals surface area contributed by atoms with Crippen LogP contribution < -0.4 is 16.0 Å². The number of carbonyl (C=O) groups is 3. The van der Waals surface area contributed by atoms with E-state index in [9.17, 15) is 23.9 Å². The third-order valence-corrected chi connectivity index (χ3v) is 8.23. The largest absolute Gasteiger partial charge is 0.390 e. The maximum Gasteiger partial charge on any atom is 0.246 e. The lowest BCUT2D eigenvalue weighted by atomic mass is 9.90. The molecule has 0 bridgehead atoms. The fourth-order valence-corrected chi connectivity index (χ4v) is 5.61. The van der Waals surface area contributed by atoms with Crippen molar-refractivity contribution in [3.8, 4) is 0 Å². The molecule has 4 N–H and O–H groups in total. The van der Waals surface area contributed by atoms with Gasteiger partial charge in [0.2, 0.25) is 17.7 Å². The van der Waals surface area contributed by atoms with Gasteiger partial charge < -0.3 is 26.0 Å². The number of amides is 3. The molecule has 1 aliphatic heterocycles. The normalized spacial score (nSPS) is 19.7. The van der Waals surface area contributed by atoms with Crippen LogP contribution in [-0.2, 0) is 14.4 Å². The van der Waals surface area contributed by atoms with E-state index in [0.717, 1.165) is 11.1 Å². The number of hydrogen-bond acceptors (Lipinski definition) is 5. The first-order chi connectivity index (χ1) is 20.6. The predicted octanol–water partition coefficient (Wildman–Crippen LogP) is 3.18. The second kappa shape index (κ2) is 14.4. The van der Waals surface area contributed by atoms with Crippen LogP contribution in [0.3, 0.4) is 0 Å². The third-order valence-electron chi connectivity index (χ3n) is 8.23. The van der Waals surface area contributed by atoms with Crippen molar-refractivity contribution in [2.24, 2.45) is 5.92 Å². The Morgan fingerprint density at radius 1 is 0.930 bits per heavy atom. The van der Waals surface area contributed by atoms with Crippen LogP contribution in [0.2, 0.25) is 0 Å². The highest BCUT2D eigenvalue weighted by Crippen LogP contribution is 2.34. The quantitative estimate of drug-likeness (QED) is 0.275. The highest BCUT2D eigenvalue weighted by atomic mass is 19.1. The highest BCUT2D eigenvalue weighted by molar-refractivity contribution is 5.94. The average molecular weight is 589 g/mol. The maximum absolute atomic E-state index is 14.2. The molecule has 228 valence electrons. The van der Waals surface area contributed by atoms with Crippen LogP contribution in [0.1, 0.15) is 49.3 Å². The Hall–Kier alpha value is -4.08. The Morgan fingerprint density at radius 3 is 2.07 bits per heavy atom. The van der Waals surface area contributed by atoms with Crippen LogP contribution in [0.25, 0.3) is 0 Å². The predicted molar refractivity (Wildman–Crippen MR) is 164 cm³/mol. The Kier molecular flexibility index (Phi) is 10.7. The number of likely N-dealkylation sites (N-methyl/N-ethyl adjacent to an activating group) is 1. The molecule has 1 fully saturated rings. The molecule has 3 aromatic rings. The SMILES string of the molecule is CN[C@@H](C)C(=O)N[C@H](C(=O)N1C[C@H](c2cccc(F)c2)C(O)C1C(=O)NCC(c1ccccc1)c1ccccc1)C(C)C. The number of likely N-dealkylation sites (tertiary alicyclic amines) is 1. The molecule has 1 heterocycles. The van der Waals surface area contributed by atoms with Gasteiger partial charge in [-0.2, -0.15) is 0 Å². The first-order valence-electron chi connectivity index (χ1n) is 14.7. The molecule has 1 saturated heterocycles. The Balaban J connectivity index is 1.64. The number of nitrogens with one attached hydrogen (secondary N) is 3. The smallest absolute Gasteiger partial charge is 0.246 e. The summed E-state index contributed by atoms with van der Waals surface area (Å²) in [6.45, 7) is 5.52. The lowest BCUT2D eigenvalue weighted by Crippen LogP contribution is -2.58. The first-order valence-corrected chi connectivity index (χ1v) is 14.7. The summed E-state index contributed by atoms with van der Waals surface area (Å²) in [6.07, 6.45) is -1.29. The van der Waals surface area contributed by atoms with Crippen LogP contribution in [0, 0.1) is 11.7 Å². The molecule has 1 aliphatic rings. The third kappa shape index (κ3) is 7.47. The van der Waals surface area contributed by atoms with E-state index in [4.69, 9.17) is 0 Å². The molecule has 5 atom stereocenters. The van der Waals surface area contributed by atoms with Gasteiger partial charge in [0.05, 0.1) is 12.1 Å². The minimum atomic E-state index is -1.29. The molecule has 8 nitrogen and oxygen atoms in total. The second-order valence-electron chi connectivity index (χ2n) is 11.4. The number of halogens is 1. The number of rotatable bonds is 11. The number of nitrogens with zero attached hydrogens (tertiary/aromatic N) is 1. The standard InChI is InChI=1S/C34H41FN4O4/c1-21(2)29(38-32(41)22(3)36-4)34(43)39-20-28(25-16-11-17-26(35)18-25)31(40)30(39)33(42)37-19-27(23-12-7-5-8-13-23)24-14-9-6-10-15-24/h5-18,21-22,27-31,36,40H,19-20H2,1-4H3,(H,37,42)(H,38,41)/t22-,28+,29-,30?,31?/m0/s1. The number of aliphatic hydroxyl groups is 1. The molecule has 0 saturated carbocycles. The highest BCUT2D eigenvalue weighted by Gasteiger charge is 2.49. The number of carbonyl (C=O) groups excluding carboxylic acids is 3. The van der Waals surface area contributed by atoms with Gasteiger partial charge in [0.25, 0.3) is 0 Å². The van der Waals surface area contributed by atoms with E-state index >= 15 is 0 Å². The molecule has 3 aromatic carbocycles. The van der Waals surface area contributed by atoms with Gasteiger partial charge in [-0.15, -0.1) is 0 Å². The van der Waals surface area contributed by atoms with Crippen molar-refractivity contribution in [2.75, 3.05) is 20.1 Å². The van der Waals surface area contributed by atoms with Gasteiger partial charge in [-0.05, 0) is 48.7 Å². The van der Waals surface area contributed by atoms with Gasteiger partial charge in [0.1, 0.15) is 17.9 Å². The number of aliphatic hydroxyl groups excluding tert-OH is 1. The van der Waals surface area contributed by atoms with Crippen molar-refractivity contribution in [2.45, 2.75) is 56.8 Å². The Morgan fingerprint density at radius 2 is 1.53 bits per heavy atom. The molecule has 0 radical (unpaired) electrons. The Labute approximate surface area is 252 Å². The monoisotopic (exact) mass is 588 g/mol. The second-order valence-corrected chi connectivity index (χ2v) is 11.4. The minimum absolute atomic E-state index is 0.0109. The van der Waals surface area contributed by atoms with E-state index in [0.29, 0.717) is 5.56 Å². The van der Waals surface area contributed by atoms with Crippen LogP contribution in [0.15, 0.2) is 84.9 Å². The van der Waals surface area contributed by atoms with Crippen LogP contribution in [0.4, 0.5) is 4.39 Å².